The molecule has 0 atom stereocenters. The van der Waals surface area contributed by atoms with Crippen LogP contribution in [0.3, 0.4) is 0 Å². The van der Waals surface area contributed by atoms with E-state index in [0.717, 1.165) is 11.0 Å². The molecule has 0 saturated carbocycles. The summed E-state index contributed by atoms with van der Waals surface area (Å²) < 4.78 is 0. The van der Waals surface area contributed by atoms with Gasteiger partial charge in [-0.2, -0.15) is 0 Å². The average Bonchev–Trinajstić information content (AvgIpc) is 2.53. The highest BCUT2D eigenvalue weighted by Crippen LogP contribution is 2.34. The lowest BCUT2D eigenvalue weighted by Crippen LogP contribution is -1.88. The van der Waals surface area contributed by atoms with Crippen molar-refractivity contribution in [2.24, 2.45) is 0 Å². The number of benzene rings is 3. The Morgan fingerprint density at radius 2 is 1.35 bits per heavy atom. The number of fused-ring (bicyclic) bond motifs is 2. The molecule has 0 spiro atoms. The first-order valence-electron chi connectivity index (χ1n) is 6.67. The SMILES string of the molecule is [c]1cccc(-c2c3ccccc3nc3ccccc23)c1. The number of hydrogen-bond acceptors (Lipinski definition) is 1. The van der Waals surface area contributed by atoms with E-state index in [1.54, 1.807) is 0 Å². The van der Waals surface area contributed by atoms with Gasteiger partial charge in [0.2, 0.25) is 0 Å². The van der Waals surface area contributed by atoms with Gasteiger partial charge in [0, 0.05) is 16.3 Å². The van der Waals surface area contributed by atoms with Gasteiger partial charge in [0.15, 0.2) is 0 Å². The van der Waals surface area contributed by atoms with Crippen LogP contribution in [-0.2, 0) is 0 Å². The van der Waals surface area contributed by atoms with Crippen molar-refractivity contribution in [3.63, 3.8) is 0 Å². The molecule has 0 N–H and O–H groups in total. The Labute approximate surface area is 117 Å². The maximum atomic E-state index is 4.75. The molecule has 0 fully saturated rings. The third kappa shape index (κ3) is 1.68. The monoisotopic (exact) mass is 254 g/mol. The zero-order valence-electron chi connectivity index (χ0n) is 10.9. The van der Waals surface area contributed by atoms with Crippen molar-refractivity contribution in [3.8, 4) is 11.1 Å². The van der Waals surface area contributed by atoms with Crippen LogP contribution in [0.1, 0.15) is 0 Å². The number of aromatic nitrogens is 1. The van der Waals surface area contributed by atoms with Gasteiger partial charge in [-0.3, -0.25) is 0 Å². The third-order valence-electron chi connectivity index (χ3n) is 3.58. The van der Waals surface area contributed by atoms with E-state index in [2.05, 4.69) is 48.5 Å². The van der Waals surface area contributed by atoms with E-state index in [0.29, 0.717) is 0 Å². The summed E-state index contributed by atoms with van der Waals surface area (Å²) >= 11 is 0. The minimum atomic E-state index is 1.03. The summed E-state index contributed by atoms with van der Waals surface area (Å²) in [4.78, 5) is 4.75. The molecule has 4 aromatic rings. The fourth-order valence-electron chi connectivity index (χ4n) is 2.70. The van der Waals surface area contributed by atoms with E-state index in [-0.39, 0.29) is 0 Å². The molecule has 1 nitrogen and oxygen atoms in total. The molecule has 0 unspecified atom stereocenters. The van der Waals surface area contributed by atoms with Crippen molar-refractivity contribution in [3.05, 3.63) is 78.9 Å². The number of pyridine rings is 1. The minimum absolute atomic E-state index is 1.03. The molecule has 0 bridgehead atoms. The van der Waals surface area contributed by atoms with Gasteiger partial charge in [-0.1, -0.05) is 54.6 Å². The topological polar surface area (TPSA) is 12.9 Å². The molecule has 0 amide bonds. The van der Waals surface area contributed by atoms with Gasteiger partial charge in [-0.05, 0) is 29.8 Å². The van der Waals surface area contributed by atoms with Crippen LogP contribution in [0.2, 0.25) is 0 Å². The maximum Gasteiger partial charge on any atom is 0.0715 e. The van der Waals surface area contributed by atoms with Crippen molar-refractivity contribution in [1.82, 2.24) is 4.98 Å². The van der Waals surface area contributed by atoms with E-state index >= 15 is 0 Å². The molecule has 0 aliphatic heterocycles. The van der Waals surface area contributed by atoms with Crippen LogP contribution in [-0.4, -0.2) is 4.98 Å². The molecule has 0 aliphatic rings. The van der Waals surface area contributed by atoms with E-state index in [4.69, 9.17) is 4.98 Å². The highest BCUT2D eigenvalue weighted by Gasteiger charge is 2.09. The Kier molecular flexibility index (Phi) is 2.49. The van der Waals surface area contributed by atoms with Crippen LogP contribution in [0.25, 0.3) is 32.9 Å². The zero-order valence-corrected chi connectivity index (χ0v) is 10.9. The molecule has 1 radical (unpaired) electrons. The molecule has 0 aliphatic carbocycles. The van der Waals surface area contributed by atoms with Crippen LogP contribution in [0, 0.1) is 6.07 Å². The molecule has 4 rings (SSSR count). The smallest absolute Gasteiger partial charge is 0.0715 e. The van der Waals surface area contributed by atoms with Crippen LogP contribution >= 0.6 is 0 Å². The normalized spacial score (nSPS) is 11.0. The van der Waals surface area contributed by atoms with Gasteiger partial charge in [0.05, 0.1) is 11.0 Å². The Morgan fingerprint density at radius 3 is 1.95 bits per heavy atom. The predicted molar refractivity (Wildman–Crippen MR) is 83.5 cm³/mol. The largest absolute Gasteiger partial charge is 0.248 e. The van der Waals surface area contributed by atoms with E-state index < -0.39 is 0 Å². The second-order valence-corrected chi connectivity index (χ2v) is 4.81. The van der Waals surface area contributed by atoms with E-state index in [1.165, 1.54) is 21.9 Å². The first-order valence-corrected chi connectivity index (χ1v) is 6.67. The van der Waals surface area contributed by atoms with E-state index in [9.17, 15) is 0 Å². The van der Waals surface area contributed by atoms with Crippen LogP contribution in [0.5, 0.6) is 0 Å². The van der Waals surface area contributed by atoms with E-state index in [1.807, 2.05) is 30.3 Å². The van der Waals surface area contributed by atoms with Crippen molar-refractivity contribution in [1.29, 1.82) is 0 Å². The lowest BCUT2D eigenvalue weighted by Gasteiger charge is -2.10. The lowest BCUT2D eigenvalue weighted by molar-refractivity contribution is 1.49. The van der Waals surface area contributed by atoms with Gasteiger partial charge in [-0.25, -0.2) is 4.98 Å². The van der Waals surface area contributed by atoms with Crippen LogP contribution < -0.4 is 0 Å². The molecule has 1 heterocycles. The number of para-hydroxylation sites is 2. The molecule has 93 valence electrons. The Hall–Kier alpha value is -2.67. The summed E-state index contributed by atoms with van der Waals surface area (Å²) in [6.45, 7) is 0. The third-order valence-corrected chi connectivity index (χ3v) is 3.58. The minimum Gasteiger partial charge on any atom is -0.248 e. The summed E-state index contributed by atoms with van der Waals surface area (Å²) in [5.74, 6) is 0. The van der Waals surface area contributed by atoms with Crippen LogP contribution in [0.4, 0.5) is 0 Å². The molecular weight excluding hydrogens is 242 g/mol. The second kappa shape index (κ2) is 4.46. The summed E-state index contributed by atoms with van der Waals surface area (Å²) in [7, 11) is 0. The van der Waals surface area contributed by atoms with Crippen molar-refractivity contribution in [2.45, 2.75) is 0 Å². The van der Waals surface area contributed by atoms with Gasteiger partial charge < -0.3 is 0 Å². The molecule has 0 saturated heterocycles. The molecule has 20 heavy (non-hydrogen) atoms. The predicted octanol–water partition coefficient (Wildman–Crippen LogP) is 4.86. The Bertz CT molecular complexity index is 841. The number of nitrogens with zero attached hydrogens (tertiary/aromatic N) is 1. The Morgan fingerprint density at radius 1 is 0.700 bits per heavy atom. The quantitative estimate of drug-likeness (QED) is 0.442. The lowest BCUT2D eigenvalue weighted by atomic mass is 9.96. The standard InChI is InChI=1S/C19H12N/c1-2-8-14(9-3-1)19-15-10-4-6-12-17(15)20-18-13-7-5-11-16(18)19/h1-2,4-13H. The maximum absolute atomic E-state index is 4.75. The highest BCUT2D eigenvalue weighted by molar-refractivity contribution is 6.09. The highest BCUT2D eigenvalue weighted by atomic mass is 14.7. The zero-order chi connectivity index (χ0) is 13.4. The van der Waals surface area contributed by atoms with Gasteiger partial charge in [0.1, 0.15) is 0 Å². The Balaban J connectivity index is 2.24. The summed E-state index contributed by atoms with van der Waals surface area (Å²) in [5, 5.41) is 2.37. The number of hydrogen-bond donors (Lipinski definition) is 0. The fourth-order valence-corrected chi connectivity index (χ4v) is 2.70. The van der Waals surface area contributed by atoms with Crippen molar-refractivity contribution >= 4 is 21.8 Å². The summed E-state index contributed by atoms with van der Waals surface area (Å²) in [5.41, 5.74) is 4.49. The molecule has 1 heteroatoms. The number of rotatable bonds is 1. The van der Waals surface area contributed by atoms with Crippen LogP contribution in [0.15, 0.2) is 72.8 Å². The second-order valence-electron chi connectivity index (χ2n) is 4.81. The first kappa shape index (κ1) is 11.2. The van der Waals surface area contributed by atoms with Gasteiger partial charge in [0.25, 0.3) is 0 Å². The van der Waals surface area contributed by atoms with Gasteiger partial charge >= 0.3 is 0 Å². The summed E-state index contributed by atoms with van der Waals surface area (Å²) in [6.07, 6.45) is 0. The summed E-state index contributed by atoms with van der Waals surface area (Å²) in [6, 6.07) is 27.9. The molecule has 3 aromatic carbocycles. The first-order chi connectivity index (χ1) is 9.93. The molecule has 1 aromatic heterocycles. The molecular formula is C19H12N. The fraction of sp³-hybridized carbons (Fsp3) is 0. The average molecular weight is 254 g/mol. The van der Waals surface area contributed by atoms with Crippen molar-refractivity contribution < 1.29 is 0 Å². The van der Waals surface area contributed by atoms with Gasteiger partial charge in [-0.15, -0.1) is 0 Å². The van der Waals surface area contributed by atoms with Crippen molar-refractivity contribution in [2.75, 3.05) is 0 Å².